The van der Waals surface area contributed by atoms with Crippen LogP contribution >= 0.6 is 0 Å². The molecular weight excluding hydrogens is 176 g/mol. The molecule has 0 amide bonds. The van der Waals surface area contributed by atoms with Gasteiger partial charge in [0.25, 0.3) is 5.56 Å². The van der Waals surface area contributed by atoms with E-state index in [4.69, 9.17) is 0 Å². The summed E-state index contributed by atoms with van der Waals surface area (Å²) in [5.41, 5.74) is 1.29. The first-order valence-electron chi connectivity index (χ1n) is 5.17. The third-order valence-corrected chi connectivity index (χ3v) is 2.69. The van der Waals surface area contributed by atoms with E-state index < -0.39 is 0 Å². The Balaban J connectivity index is 2.39. The molecule has 0 saturated heterocycles. The van der Waals surface area contributed by atoms with Crippen molar-refractivity contribution in [2.45, 2.75) is 19.9 Å². The fraction of sp³-hybridized carbons (Fsp3) is 0.545. The van der Waals surface area contributed by atoms with Gasteiger partial charge in [0.05, 0.1) is 0 Å². The molecule has 14 heavy (non-hydrogen) atoms. The highest BCUT2D eigenvalue weighted by molar-refractivity contribution is 5.08. The Kier molecular flexibility index (Phi) is 2.68. The van der Waals surface area contributed by atoms with Crippen molar-refractivity contribution in [1.82, 2.24) is 9.88 Å². The molecule has 0 aromatic carbocycles. The Labute approximate surface area is 83.8 Å². The number of fused-ring (bicyclic) bond motifs is 1. The van der Waals surface area contributed by atoms with Gasteiger partial charge in [0.15, 0.2) is 0 Å². The maximum Gasteiger partial charge on any atom is 0.250 e. The quantitative estimate of drug-likeness (QED) is 0.654. The van der Waals surface area contributed by atoms with Gasteiger partial charge < -0.3 is 9.88 Å². The highest BCUT2D eigenvalue weighted by atomic mass is 16.1. The van der Waals surface area contributed by atoms with Gasteiger partial charge in [-0.05, 0) is 18.5 Å². The average molecular weight is 192 g/mol. The van der Waals surface area contributed by atoms with E-state index in [1.165, 1.54) is 0 Å². The lowest BCUT2D eigenvalue weighted by molar-refractivity contribution is 0.410. The molecule has 0 aliphatic carbocycles. The molecule has 3 nitrogen and oxygen atoms in total. The third kappa shape index (κ3) is 1.87. The van der Waals surface area contributed by atoms with Crippen molar-refractivity contribution in [3.8, 4) is 0 Å². The Morgan fingerprint density at radius 2 is 2.36 bits per heavy atom. The molecule has 1 aromatic heterocycles. The van der Waals surface area contributed by atoms with Crippen molar-refractivity contribution >= 4 is 0 Å². The number of aromatic nitrogens is 1. The Morgan fingerprint density at radius 3 is 3.21 bits per heavy atom. The van der Waals surface area contributed by atoms with Crippen molar-refractivity contribution in [3.05, 3.63) is 34.2 Å². The highest BCUT2D eigenvalue weighted by Crippen LogP contribution is 2.05. The van der Waals surface area contributed by atoms with Crippen molar-refractivity contribution in [2.75, 3.05) is 13.1 Å². The molecule has 0 saturated carbocycles. The zero-order chi connectivity index (χ0) is 9.97. The van der Waals surface area contributed by atoms with Crippen molar-refractivity contribution in [2.24, 2.45) is 5.92 Å². The van der Waals surface area contributed by atoms with E-state index in [2.05, 4.69) is 12.2 Å². The fourth-order valence-electron chi connectivity index (χ4n) is 1.93. The number of pyridine rings is 1. The Bertz CT molecular complexity index is 370. The molecule has 1 unspecified atom stereocenters. The van der Waals surface area contributed by atoms with E-state index in [0.29, 0.717) is 5.92 Å². The van der Waals surface area contributed by atoms with E-state index in [1.54, 1.807) is 6.07 Å². The molecule has 0 fully saturated rings. The zero-order valence-electron chi connectivity index (χ0n) is 8.49. The lowest BCUT2D eigenvalue weighted by Crippen LogP contribution is -2.35. The van der Waals surface area contributed by atoms with Crippen LogP contribution in [0.15, 0.2) is 23.0 Å². The number of hydrogen-bond donors (Lipinski definition) is 1. The predicted octanol–water partition coefficient (Wildman–Crippen LogP) is 0.630. The van der Waals surface area contributed by atoms with E-state index in [-0.39, 0.29) is 5.56 Å². The summed E-state index contributed by atoms with van der Waals surface area (Å²) in [6, 6.07) is 5.53. The Morgan fingerprint density at radius 1 is 1.50 bits per heavy atom. The summed E-state index contributed by atoms with van der Waals surface area (Å²) in [4.78, 5) is 11.6. The molecule has 1 N–H and O–H groups in total. The molecule has 1 aliphatic heterocycles. The second kappa shape index (κ2) is 3.96. The molecule has 0 bridgehead atoms. The minimum atomic E-state index is 0.135. The van der Waals surface area contributed by atoms with Crippen LogP contribution in [0.1, 0.15) is 12.6 Å². The molecular formula is C11H16N2O. The second-order valence-electron chi connectivity index (χ2n) is 4.03. The van der Waals surface area contributed by atoms with Crippen LogP contribution in [0.4, 0.5) is 0 Å². The maximum absolute atomic E-state index is 11.6. The van der Waals surface area contributed by atoms with Gasteiger partial charge in [-0.3, -0.25) is 4.79 Å². The van der Waals surface area contributed by atoms with Gasteiger partial charge in [-0.2, -0.15) is 0 Å². The number of rotatable bonds is 0. The molecule has 0 spiro atoms. The van der Waals surface area contributed by atoms with Gasteiger partial charge in [0.2, 0.25) is 0 Å². The fourth-order valence-corrected chi connectivity index (χ4v) is 1.93. The van der Waals surface area contributed by atoms with Crippen LogP contribution in [0.5, 0.6) is 0 Å². The van der Waals surface area contributed by atoms with Gasteiger partial charge >= 0.3 is 0 Å². The molecule has 1 aliphatic rings. The monoisotopic (exact) mass is 192 g/mol. The van der Waals surface area contributed by atoms with Crippen LogP contribution in [-0.2, 0) is 13.0 Å². The van der Waals surface area contributed by atoms with Crippen LogP contribution in [0.25, 0.3) is 0 Å². The molecule has 1 aromatic rings. The normalized spacial score (nSPS) is 22.2. The third-order valence-electron chi connectivity index (χ3n) is 2.69. The SMILES string of the molecule is CC1CNCCc2cccc(=O)n2C1. The summed E-state index contributed by atoms with van der Waals surface area (Å²) in [5, 5.41) is 3.38. The second-order valence-corrected chi connectivity index (χ2v) is 4.03. The molecule has 3 heteroatoms. The lowest BCUT2D eigenvalue weighted by atomic mass is 10.1. The first-order chi connectivity index (χ1) is 6.77. The van der Waals surface area contributed by atoms with Gasteiger partial charge in [0.1, 0.15) is 0 Å². The van der Waals surface area contributed by atoms with Crippen LogP contribution < -0.4 is 10.9 Å². The summed E-state index contributed by atoms with van der Waals surface area (Å²) in [5.74, 6) is 0.522. The van der Waals surface area contributed by atoms with Gasteiger partial charge in [0, 0.05) is 31.3 Å². The van der Waals surface area contributed by atoms with Crippen molar-refractivity contribution in [1.29, 1.82) is 0 Å². The summed E-state index contributed by atoms with van der Waals surface area (Å²) in [7, 11) is 0. The standard InChI is InChI=1S/C11H16N2O/c1-9-7-12-6-5-10-3-2-4-11(14)13(10)8-9/h2-4,9,12H,5-8H2,1H3. The largest absolute Gasteiger partial charge is 0.316 e. The first-order valence-corrected chi connectivity index (χ1v) is 5.17. The van der Waals surface area contributed by atoms with Gasteiger partial charge in [-0.1, -0.05) is 13.0 Å². The number of hydrogen-bond acceptors (Lipinski definition) is 2. The Hall–Kier alpha value is -1.09. The van der Waals surface area contributed by atoms with Gasteiger partial charge in [-0.25, -0.2) is 0 Å². The lowest BCUT2D eigenvalue weighted by Gasteiger charge is -2.21. The molecule has 76 valence electrons. The maximum atomic E-state index is 11.6. The van der Waals surface area contributed by atoms with E-state index in [1.807, 2.05) is 16.7 Å². The van der Waals surface area contributed by atoms with Crippen molar-refractivity contribution < 1.29 is 0 Å². The molecule has 0 radical (unpaired) electrons. The van der Waals surface area contributed by atoms with Crippen molar-refractivity contribution in [3.63, 3.8) is 0 Å². The number of nitrogens with zero attached hydrogens (tertiary/aromatic N) is 1. The summed E-state index contributed by atoms with van der Waals surface area (Å²) in [6.07, 6.45) is 0.947. The molecule has 2 rings (SSSR count). The summed E-state index contributed by atoms with van der Waals surface area (Å²) in [6.45, 7) is 4.97. The minimum absolute atomic E-state index is 0.135. The van der Waals surface area contributed by atoms with E-state index in [0.717, 1.165) is 31.7 Å². The topological polar surface area (TPSA) is 34.0 Å². The van der Waals surface area contributed by atoms with E-state index in [9.17, 15) is 4.79 Å². The average Bonchev–Trinajstić information content (AvgIpc) is 2.14. The molecule has 2 heterocycles. The molecule has 1 atom stereocenters. The predicted molar refractivity (Wildman–Crippen MR) is 56.4 cm³/mol. The highest BCUT2D eigenvalue weighted by Gasteiger charge is 2.10. The smallest absolute Gasteiger partial charge is 0.250 e. The van der Waals surface area contributed by atoms with E-state index >= 15 is 0 Å². The number of nitrogens with one attached hydrogen (secondary N) is 1. The summed E-state index contributed by atoms with van der Waals surface area (Å²) < 4.78 is 1.91. The van der Waals surface area contributed by atoms with Crippen LogP contribution in [-0.4, -0.2) is 17.7 Å². The first kappa shape index (κ1) is 9.46. The van der Waals surface area contributed by atoms with Crippen LogP contribution in [0.2, 0.25) is 0 Å². The minimum Gasteiger partial charge on any atom is -0.316 e. The van der Waals surface area contributed by atoms with Crippen LogP contribution in [0, 0.1) is 5.92 Å². The van der Waals surface area contributed by atoms with Gasteiger partial charge in [-0.15, -0.1) is 0 Å². The van der Waals surface area contributed by atoms with Crippen LogP contribution in [0.3, 0.4) is 0 Å². The zero-order valence-corrected chi connectivity index (χ0v) is 8.49. The summed E-state index contributed by atoms with van der Waals surface area (Å²) >= 11 is 0.